The fourth-order valence-electron chi connectivity index (χ4n) is 12.1. The molecule has 0 saturated carbocycles. The third-order valence-electron chi connectivity index (χ3n) is 14.9. The van der Waals surface area contributed by atoms with E-state index < -0.39 is 11.0 Å². The summed E-state index contributed by atoms with van der Waals surface area (Å²) in [5, 5.41) is 0. The maximum atomic E-state index is 7.11. The van der Waals surface area contributed by atoms with E-state index in [0.717, 1.165) is 46.8 Å². The zero-order chi connectivity index (χ0) is 41.8. The van der Waals surface area contributed by atoms with Crippen LogP contribution in [0.1, 0.15) is 68.4 Å². The van der Waals surface area contributed by atoms with Gasteiger partial charge in [-0.25, -0.2) is 0 Å². The molecule has 1 heterocycles. The second-order valence-electron chi connectivity index (χ2n) is 18.8. The predicted octanol–water partition coefficient (Wildman–Crippen LogP) is 15.3. The molecule has 2 unspecified atom stereocenters. The number of allylic oxidation sites excluding steroid dienone is 6. The van der Waals surface area contributed by atoms with Crippen LogP contribution in [0.3, 0.4) is 0 Å². The van der Waals surface area contributed by atoms with Crippen molar-refractivity contribution in [2.24, 2.45) is 0 Å². The van der Waals surface area contributed by atoms with Crippen molar-refractivity contribution in [3.63, 3.8) is 0 Å². The van der Waals surface area contributed by atoms with Gasteiger partial charge in [0.25, 0.3) is 0 Å². The van der Waals surface area contributed by atoms with Gasteiger partial charge in [0, 0.05) is 39.9 Å². The number of ether oxygens (including phenoxy) is 1. The molecule has 1 aliphatic heterocycles. The van der Waals surface area contributed by atoms with E-state index in [4.69, 9.17) is 4.74 Å². The number of hydrogen-bond acceptors (Lipinski definition) is 2. The normalized spacial score (nSPS) is 21.4. The fraction of sp³-hybridized carbons (Fsp3) is 0.167. The molecule has 0 N–H and O–H groups in total. The van der Waals surface area contributed by atoms with Gasteiger partial charge in [-0.3, -0.25) is 0 Å². The third kappa shape index (κ3) is 5.10. The van der Waals surface area contributed by atoms with E-state index in [1.165, 1.54) is 61.2 Å². The van der Waals surface area contributed by atoms with Gasteiger partial charge in [-0.2, -0.15) is 0 Å². The van der Waals surface area contributed by atoms with Crippen LogP contribution in [-0.4, -0.2) is 5.60 Å². The number of benzene rings is 7. The lowest BCUT2D eigenvalue weighted by Gasteiger charge is -2.50. The lowest BCUT2D eigenvalue weighted by molar-refractivity contribution is 0.102. The number of nitrogens with zero attached hydrogens (tertiary/aromatic N) is 1. The van der Waals surface area contributed by atoms with Gasteiger partial charge in [0.05, 0.1) is 5.41 Å². The molecule has 1 spiro atoms. The monoisotopic (exact) mass is 799 g/mol. The van der Waals surface area contributed by atoms with Crippen molar-refractivity contribution in [3.05, 3.63) is 239 Å². The summed E-state index contributed by atoms with van der Waals surface area (Å²) >= 11 is 0. The molecule has 0 saturated heterocycles. The lowest BCUT2D eigenvalue weighted by atomic mass is 9.59. The molecule has 5 aliphatic rings. The second-order valence-corrected chi connectivity index (χ2v) is 18.8. The first-order chi connectivity index (χ1) is 30.2. The number of anilines is 3. The molecule has 7 aromatic rings. The van der Waals surface area contributed by atoms with Crippen LogP contribution in [0.15, 0.2) is 211 Å². The molecule has 0 bridgehead atoms. The van der Waals surface area contributed by atoms with Crippen LogP contribution in [0.4, 0.5) is 17.1 Å². The Kier molecular flexibility index (Phi) is 7.92. The maximum absolute atomic E-state index is 7.11. The molecule has 300 valence electrons. The maximum Gasteiger partial charge on any atom is 0.132 e. The zero-order valence-electron chi connectivity index (χ0n) is 35.8. The molecule has 2 nitrogen and oxygen atoms in total. The largest absolute Gasteiger partial charge is 0.482 e. The first-order valence-corrected chi connectivity index (χ1v) is 22.2. The summed E-state index contributed by atoms with van der Waals surface area (Å²) in [4.78, 5) is 2.45. The third-order valence-corrected chi connectivity index (χ3v) is 14.9. The summed E-state index contributed by atoms with van der Waals surface area (Å²) in [7, 11) is 0. The van der Waals surface area contributed by atoms with Crippen LogP contribution in [0.2, 0.25) is 0 Å². The molecule has 0 radical (unpaired) electrons. The van der Waals surface area contributed by atoms with Crippen molar-refractivity contribution in [1.82, 2.24) is 0 Å². The average molecular weight is 800 g/mol. The van der Waals surface area contributed by atoms with Gasteiger partial charge in [0.1, 0.15) is 11.4 Å². The second kappa shape index (κ2) is 13.3. The van der Waals surface area contributed by atoms with E-state index in [1.807, 2.05) is 0 Å². The molecule has 2 atom stereocenters. The molecule has 0 aromatic heterocycles. The zero-order valence-corrected chi connectivity index (χ0v) is 35.8. The molecule has 7 aromatic carbocycles. The van der Waals surface area contributed by atoms with Crippen molar-refractivity contribution in [1.29, 1.82) is 0 Å². The van der Waals surface area contributed by atoms with Gasteiger partial charge in [-0.1, -0.05) is 172 Å². The Hall–Kier alpha value is -6.90. The highest BCUT2D eigenvalue weighted by Crippen LogP contribution is 2.64. The van der Waals surface area contributed by atoms with E-state index >= 15 is 0 Å². The Bertz CT molecular complexity index is 3060. The molecule has 0 amide bonds. The summed E-state index contributed by atoms with van der Waals surface area (Å²) in [6.45, 7) is 9.51. The number of rotatable bonds is 5. The van der Waals surface area contributed by atoms with Crippen LogP contribution >= 0.6 is 0 Å². The molecule has 0 fully saturated rings. The van der Waals surface area contributed by atoms with Crippen LogP contribution in [-0.2, 0) is 16.2 Å². The van der Waals surface area contributed by atoms with Gasteiger partial charge in [0.15, 0.2) is 0 Å². The van der Waals surface area contributed by atoms with Crippen molar-refractivity contribution in [2.75, 3.05) is 4.90 Å². The SMILES string of the molecule is CC12CC=CC=C1C1(c3cc(-c4cccc(N(c5ccc(-c6ccccc6)cc5)c5ccc6c(c5)C(C)(C)C5=CC=CCC56C)c4)ccc3O2)c2ccccc2-c2ccccc21. The Morgan fingerprint density at radius 3 is 1.79 bits per heavy atom. The minimum atomic E-state index is -0.490. The molecule has 4 aliphatic carbocycles. The highest BCUT2D eigenvalue weighted by Gasteiger charge is 2.57. The Labute approximate surface area is 365 Å². The summed E-state index contributed by atoms with van der Waals surface area (Å²) in [6.07, 6.45) is 15.6. The Morgan fingerprint density at radius 2 is 1.03 bits per heavy atom. The van der Waals surface area contributed by atoms with E-state index in [9.17, 15) is 0 Å². The standard InChI is InChI=1S/C60H49NO/c1-57(2)52-39-46(32-33-51(52)58(3)35-14-12-25-55(57)58)61(44-30-27-41(28-31-44)40-17-6-5-7-18-40)45-20-16-19-42(37-45)43-29-34-54-53(38-43)60(56-26-13-15-36-59(56,4)62-54)49-23-10-8-21-47(49)48-22-9-11-24-50(48)60/h5-34,37-39H,35-36H2,1-4H3. The number of hydrogen-bond donors (Lipinski definition) is 0. The van der Waals surface area contributed by atoms with E-state index in [1.54, 1.807) is 0 Å². The van der Waals surface area contributed by atoms with Gasteiger partial charge >= 0.3 is 0 Å². The van der Waals surface area contributed by atoms with Gasteiger partial charge in [0.2, 0.25) is 0 Å². The summed E-state index contributed by atoms with van der Waals surface area (Å²) in [6, 6.07) is 61.0. The van der Waals surface area contributed by atoms with Gasteiger partial charge < -0.3 is 9.64 Å². The highest BCUT2D eigenvalue weighted by molar-refractivity contribution is 5.89. The number of fused-ring (bicyclic) bond motifs is 12. The van der Waals surface area contributed by atoms with Crippen LogP contribution in [0.5, 0.6) is 5.75 Å². The molecule has 2 heteroatoms. The van der Waals surface area contributed by atoms with Crippen molar-refractivity contribution in [2.45, 2.75) is 62.4 Å². The topological polar surface area (TPSA) is 12.5 Å². The first kappa shape index (κ1) is 36.9. The van der Waals surface area contributed by atoms with E-state index in [2.05, 4.69) is 233 Å². The minimum absolute atomic E-state index is 0.00343. The first-order valence-electron chi connectivity index (χ1n) is 22.2. The molecule has 62 heavy (non-hydrogen) atoms. The predicted molar refractivity (Wildman–Crippen MR) is 257 cm³/mol. The molecular formula is C60H49NO. The van der Waals surface area contributed by atoms with Gasteiger partial charge in [-0.05, 0) is 129 Å². The minimum Gasteiger partial charge on any atom is -0.482 e. The van der Waals surface area contributed by atoms with E-state index in [0.29, 0.717) is 0 Å². The summed E-state index contributed by atoms with van der Waals surface area (Å²) in [5.74, 6) is 0.951. The van der Waals surface area contributed by atoms with Crippen molar-refractivity contribution >= 4 is 17.1 Å². The van der Waals surface area contributed by atoms with Gasteiger partial charge in [-0.15, -0.1) is 0 Å². The fourth-order valence-corrected chi connectivity index (χ4v) is 12.1. The highest BCUT2D eigenvalue weighted by atomic mass is 16.5. The van der Waals surface area contributed by atoms with Crippen LogP contribution in [0, 0.1) is 0 Å². The van der Waals surface area contributed by atoms with Crippen LogP contribution in [0.25, 0.3) is 33.4 Å². The Morgan fingerprint density at radius 1 is 0.435 bits per heavy atom. The average Bonchev–Trinajstić information content (AvgIpc) is 3.69. The van der Waals surface area contributed by atoms with Crippen LogP contribution < -0.4 is 9.64 Å². The Balaban J connectivity index is 1.03. The lowest BCUT2D eigenvalue weighted by Crippen LogP contribution is -2.50. The quantitative estimate of drug-likeness (QED) is 0.172. The van der Waals surface area contributed by atoms with Crippen molar-refractivity contribution < 1.29 is 4.74 Å². The molecule has 12 rings (SSSR count). The van der Waals surface area contributed by atoms with Crippen molar-refractivity contribution in [3.8, 4) is 39.1 Å². The molecular weight excluding hydrogens is 751 g/mol. The van der Waals surface area contributed by atoms with E-state index in [-0.39, 0.29) is 10.8 Å². The smallest absolute Gasteiger partial charge is 0.132 e. The summed E-state index contributed by atoms with van der Waals surface area (Å²) in [5.41, 5.74) is 19.2. The summed E-state index contributed by atoms with van der Waals surface area (Å²) < 4.78 is 7.11.